The second kappa shape index (κ2) is 42.5. The van der Waals surface area contributed by atoms with Crippen LogP contribution in [0.25, 0.3) is 0 Å². The number of ether oxygens (including phenoxy) is 3. The van der Waals surface area contributed by atoms with Gasteiger partial charge in [-0.05, 0) is 38.5 Å². The van der Waals surface area contributed by atoms with Gasteiger partial charge < -0.3 is 14.2 Å². The monoisotopic (exact) mass is 807 g/mol. The molecule has 0 aliphatic rings. The first kappa shape index (κ1) is 55.4. The van der Waals surface area contributed by atoms with Gasteiger partial charge in [-0.15, -0.1) is 0 Å². The lowest BCUT2D eigenvalue weighted by atomic mass is 9.94. The summed E-state index contributed by atoms with van der Waals surface area (Å²) in [6, 6.07) is 0. The summed E-state index contributed by atoms with van der Waals surface area (Å²) in [6.45, 7) is 13.2. The molecule has 0 aliphatic heterocycles. The molecule has 338 valence electrons. The molecular formula is C51H98O6. The molecule has 0 aliphatic carbocycles. The maximum atomic E-state index is 14.0. The summed E-state index contributed by atoms with van der Waals surface area (Å²) in [5.74, 6) is -1.06. The summed E-state index contributed by atoms with van der Waals surface area (Å²) < 4.78 is 18.3. The lowest BCUT2D eigenvalue weighted by molar-refractivity contribution is -0.172. The highest BCUT2D eigenvalue weighted by Crippen LogP contribution is 2.25. The number of carbonyl (C=O) groups is 3. The van der Waals surface area contributed by atoms with E-state index in [2.05, 4.69) is 41.5 Å². The second-order valence-electron chi connectivity index (χ2n) is 17.6. The zero-order valence-electron chi connectivity index (χ0n) is 39.1. The number of rotatable bonds is 44. The average Bonchev–Trinajstić information content (AvgIpc) is 3.21. The third-order valence-electron chi connectivity index (χ3n) is 12.0. The minimum Gasteiger partial charge on any atom is -0.461 e. The minimum atomic E-state index is -0.794. The topological polar surface area (TPSA) is 78.9 Å². The van der Waals surface area contributed by atoms with Crippen LogP contribution in [0, 0.1) is 17.8 Å². The Labute approximate surface area is 355 Å². The zero-order valence-corrected chi connectivity index (χ0v) is 39.1. The second-order valence-corrected chi connectivity index (χ2v) is 17.6. The summed E-state index contributed by atoms with van der Waals surface area (Å²) in [4.78, 5) is 41.4. The molecule has 0 atom stereocenters. The number of carbonyl (C=O) groups excluding carboxylic acids is 3. The first-order valence-corrected chi connectivity index (χ1v) is 25.4. The van der Waals surface area contributed by atoms with E-state index in [0.717, 1.165) is 116 Å². The van der Waals surface area contributed by atoms with Crippen LogP contribution < -0.4 is 0 Å². The van der Waals surface area contributed by atoms with E-state index in [4.69, 9.17) is 14.2 Å². The molecule has 0 aromatic carbocycles. The Morgan fingerprint density at radius 3 is 0.737 bits per heavy atom. The van der Waals surface area contributed by atoms with Gasteiger partial charge in [-0.1, -0.05) is 234 Å². The van der Waals surface area contributed by atoms with Gasteiger partial charge in [0.1, 0.15) is 13.2 Å². The van der Waals surface area contributed by atoms with Gasteiger partial charge in [-0.2, -0.15) is 0 Å². The quantitative estimate of drug-likeness (QED) is 0.0347. The summed E-state index contributed by atoms with van der Waals surface area (Å²) in [5, 5.41) is 0. The molecule has 0 fully saturated rings. The van der Waals surface area contributed by atoms with Crippen molar-refractivity contribution in [2.45, 2.75) is 279 Å². The van der Waals surface area contributed by atoms with Crippen LogP contribution in [0.5, 0.6) is 0 Å². The molecule has 57 heavy (non-hydrogen) atoms. The van der Waals surface area contributed by atoms with Gasteiger partial charge in [0.25, 0.3) is 0 Å². The number of esters is 3. The van der Waals surface area contributed by atoms with Crippen molar-refractivity contribution >= 4 is 17.9 Å². The third-order valence-corrected chi connectivity index (χ3v) is 12.0. The minimum absolute atomic E-state index is 0.0571. The molecule has 0 saturated heterocycles. The predicted octanol–water partition coefficient (Wildman–Crippen LogP) is 16.0. The fourth-order valence-electron chi connectivity index (χ4n) is 8.07. The van der Waals surface area contributed by atoms with Crippen molar-refractivity contribution < 1.29 is 28.6 Å². The van der Waals surface area contributed by atoms with Crippen molar-refractivity contribution in [3.8, 4) is 0 Å². The molecule has 0 saturated carbocycles. The Hall–Kier alpha value is -1.59. The number of hydrogen-bond donors (Lipinski definition) is 0. The van der Waals surface area contributed by atoms with Crippen molar-refractivity contribution in [1.29, 1.82) is 0 Å². The number of hydrogen-bond acceptors (Lipinski definition) is 6. The van der Waals surface area contributed by atoms with Crippen molar-refractivity contribution in [3.63, 3.8) is 0 Å². The van der Waals surface area contributed by atoms with Crippen molar-refractivity contribution in [3.05, 3.63) is 0 Å². The highest BCUT2D eigenvalue weighted by atomic mass is 16.6. The predicted molar refractivity (Wildman–Crippen MR) is 243 cm³/mol. The summed E-state index contributed by atoms with van der Waals surface area (Å²) >= 11 is 0. The normalized spacial score (nSPS) is 11.7. The Morgan fingerprint density at radius 1 is 0.298 bits per heavy atom. The highest BCUT2D eigenvalue weighted by Gasteiger charge is 2.28. The van der Waals surface area contributed by atoms with Gasteiger partial charge >= 0.3 is 17.9 Å². The molecule has 0 amide bonds. The van der Waals surface area contributed by atoms with E-state index in [1.54, 1.807) is 0 Å². The smallest absolute Gasteiger partial charge is 0.309 e. The molecule has 0 aromatic rings. The highest BCUT2D eigenvalue weighted by molar-refractivity contribution is 5.74. The van der Waals surface area contributed by atoms with Gasteiger partial charge in [0.15, 0.2) is 6.10 Å². The molecular weight excluding hydrogens is 709 g/mol. The maximum absolute atomic E-state index is 14.0. The Kier molecular flexibility index (Phi) is 41.3. The molecule has 0 aromatic heterocycles. The fourth-order valence-corrected chi connectivity index (χ4v) is 8.07. The van der Waals surface area contributed by atoms with Crippen molar-refractivity contribution in [2.24, 2.45) is 17.8 Å². The summed E-state index contributed by atoms with van der Waals surface area (Å²) in [5.41, 5.74) is 0. The van der Waals surface area contributed by atoms with Crippen LogP contribution in [0.1, 0.15) is 273 Å². The van der Waals surface area contributed by atoms with Crippen LogP contribution in [-0.2, 0) is 28.6 Å². The van der Waals surface area contributed by atoms with Crippen LogP contribution in [0.2, 0.25) is 0 Å². The molecule has 0 N–H and O–H groups in total. The SMILES string of the molecule is CCCCCCCC(CCCCCCC)C(=O)OCC(COC(=O)C(CCCCCCC)CCCCCCC)OC(=O)C(CCCCCCC)CCCCCCC. The third kappa shape index (κ3) is 33.9. The van der Waals surface area contributed by atoms with E-state index in [0.29, 0.717) is 0 Å². The van der Waals surface area contributed by atoms with Crippen LogP contribution >= 0.6 is 0 Å². The lowest BCUT2D eigenvalue weighted by Crippen LogP contribution is -2.35. The standard InChI is InChI=1S/C51H98O6/c1-7-13-19-25-31-37-45(38-32-26-20-14-8-2)49(52)55-43-48(57-51(54)47(41-35-29-23-17-11-5)42-36-30-24-18-12-6)44-56-50(53)46(39-33-27-21-15-9-3)40-34-28-22-16-10-4/h45-48H,7-44H2,1-6H3. The summed E-state index contributed by atoms with van der Waals surface area (Å²) in [7, 11) is 0. The molecule has 6 heteroatoms. The van der Waals surface area contributed by atoms with Gasteiger partial charge in [-0.3, -0.25) is 14.4 Å². The van der Waals surface area contributed by atoms with Gasteiger partial charge in [0.05, 0.1) is 17.8 Å². The molecule has 0 heterocycles. The first-order valence-electron chi connectivity index (χ1n) is 25.4. The van der Waals surface area contributed by atoms with Gasteiger partial charge in [0, 0.05) is 0 Å². The van der Waals surface area contributed by atoms with Crippen molar-refractivity contribution in [2.75, 3.05) is 13.2 Å². The average molecular weight is 807 g/mol. The fraction of sp³-hybridized carbons (Fsp3) is 0.941. The number of unbranched alkanes of at least 4 members (excludes halogenated alkanes) is 24. The molecule has 0 spiro atoms. The van der Waals surface area contributed by atoms with E-state index in [1.165, 1.54) is 116 Å². The Bertz CT molecular complexity index is 799. The zero-order chi connectivity index (χ0) is 42.0. The Balaban J connectivity index is 5.95. The first-order chi connectivity index (χ1) is 27.9. The molecule has 0 radical (unpaired) electrons. The lowest BCUT2D eigenvalue weighted by Gasteiger charge is -2.24. The molecule has 0 rings (SSSR count). The van der Waals surface area contributed by atoms with E-state index < -0.39 is 6.10 Å². The van der Waals surface area contributed by atoms with Gasteiger partial charge in [-0.25, -0.2) is 0 Å². The molecule has 0 unspecified atom stereocenters. The van der Waals surface area contributed by atoms with E-state index in [-0.39, 0.29) is 48.9 Å². The molecule has 6 nitrogen and oxygen atoms in total. The molecule has 0 bridgehead atoms. The van der Waals surface area contributed by atoms with Crippen LogP contribution in [0.4, 0.5) is 0 Å². The Morgan fingerprint density at radius 2 is 0.509 bits per heavy atom. The van der Waals surface area contributed by atoms with E-state index in [9.17, 15) is 14.4 Å². The largest absolute Gasteiger partial charge is 0.461 e. The van der Waals surface area contributed by atoms with E-state index in [1.807, 2.05) is 0 Å². The van der Waals surface area contributed by atoms with Crippen LogP contribution in [-0.4, -0.2) is 37.2 Å². The summed E-state index contributed by atoms with van der Waals surface area (Å²) in [6.07, 6.45) is 38.9. The van der Waals surface area contributed by atoms with Gasteiger partial charge in [0.2, 0.25) is 0 Å². The maximum Gasteiger partial charge on any atom is 0.309 e. The van der Waals surface area contributed by atoms with Crippen molar-refractivity contribution in [1.82, 2.24) is 0 Å². The van der Waals surface area contributed by atoms with Crippen LogP contribution in [0.15, 0.2) is 0 Å². The van der Waals surface area contributed by atoms with Crippen LogP contribution in [0.3, 0.4) is 0 Å². The van der Waals surface area contributed by atoms with E-state index >= 15 is 0 Å².